The van der Waals surface area contributed by atoms with Gasteiger partial charge in [-0.25, -0.2) is 4.79 Å². The molecule has 0 aromatic heterocycles. The molecule has 4 N–H and O–H groups in total. The van der Waals surface area contributed by atoms with Crippen molar-refractivity contribution in [1.82, 2.24) is 5.32 Å². The highest BCUT2D eigenvalue weighted by Crippen LogP contribution is 2.16. The van der Waals surface area contributed by atoms with E-state index in [2.05, 4.69) is 21.3 Å². The second-order valence-corrected chi connectivity index (χ2v) is 6.58. The third-order valence-corrected chi connectivity index (χ3v) is 4.21. The molecule has 1 aliphatic heterocycles. The minimum atomic E-state index is -0.363. The summed E-state index contributed by atoms with van der Waals surface area (Å²) in [5, 5.41) is 12.1. The van der Waals surface area contributed by atoms with E-state index < -0.39 is 0 Å². The van der Waals surface area contributed by atoms with E-state index in [0.717, 1.165) is 6.54 Å². The Balaban J connectivity index is 0.00000280. The van der Waals surface area contributed by atoms with Gasteiger partial charge >= 0.3 is 6.03 Å². The monoisotopic (exact) mass is 424 g/mol. The van der Waals surface area contributed by atoms with E-state index in [1.165, 1.54) is 0 Å². The minimum absolute atomic E-state index is 0. The normalized spacial score (nSPS) is 15.8. The van der Waals surface area contributed by atoms with Crippen molar-refractivity contribution in [3.05, 3.63) is 53.6 Å². The average Bonchev–Trinajstić information content (AvgIpc) is 2.66. The van der Waals surface area contributed by atoms with Crippen LogP contribution in [0.4, 0.5) is 21.9 Å². The van der Waals surface area contributed by atoms with E-state index in [0.29, 0.717) is 41.7 Å². The number of carbonyl (C=O) groups is 2. The van der Waals surface area contributed by atoms with Crippen molar-refractivity contribution in [3.63, 3.8) is 0 Å². The Kier molecular flexibility index (Phi) is 8.53. The van der Waals surface area contributed by atoms with Crippen molar-refractivity contribution in [2.75, 3.05) is 35.7 Å². The topological polar surface area (TPSA) is 91.5 Å². The lowest BCUT2D eigenvalue weighted by Gasteiger charge is -2.23. The van der Waals surface area contributed by atoms with Gasteiger partial charge in [-0.05, 0) is 48.5 Å². The van der Waals surface area contributed by atoms with Crippen LogP contribution >= 0.6 is 24.0 Å². The Labute approximate surface area is 174 Å². The number of nitrogens with one attached hydrogen (secondary N) is 4. The van der Waals surface area contributed by atoms with Crippen molar-refractivity contribution in [2.45, 2.75) is 12.5 Å². The van der Waals surface area contributed by atoms with Crippen LogP contribution in [0.1, 0.15) is 6.42 Å². The van der Waals surface area contributed by atoms with Crippen molar-refractivity contribution in [2.24, 2.45) is 0 Å². The van der Waals surface area contributed by atoms with E-state index in [1.807, 2.05) is 0 Å². The van der Waals surface area contributed by atoms with Crippen LogP contribution in [-0.4, -0.2) is 37.7 Å². The van der Waals surface area contributed by atoms with Crippen molar-refractivity contribution in [3.8, 4) is 0 Å². The van der Waals surface area contributed by atoms with Gasteiger partial charge in [0.15, 0.2) is 0 Å². The third-order valence-electron chi connectivity index (χ3n) is 3.96. The molecule has 150 valence electrons. The zero-order chi connectivity index (χ0) is 19.1. The Hall–Kier alpha value is -2.32. The molecule has 1 fully saturated rings. The van der Waals surface area contributed by atoms with E-state index in [4.69, 9.17) is 16.3 Å². The van der Waals surface area contributed by atoms with Crippen LogP contribution in [0.15, 0.2) is 48.5 Å². The summed E-state index contributed by atoms with van der Waals surface area (Å²) in [4.78, 5) is 24.1. The Morgan fingerprint density at radius 2 is 1.50 bits per heavy atom. The molecule has 9 heteroatoms. The summed E-state index contributed by atoms with van der Waals surface area (Å²) in [6.45, 7) is 1.98. The minimum Gasteiger partial charge on any atom is -0.378 e. The maximum atomic E-state index is 12.1. The summed E-state index contributed by atoms with van der Waals surface area (Å²) < 4.78 is 5.34. The van der Waals surface area contributed by atoms with Gasteiger partial charge in [-0.15, -0.1) is 12.4 Å². The first-order chi connectivity index (χ1) is 13.1. The van der Waals surface area contributed by atoms with Gasteiger partial charge in [0.1, 0.15) is 0 Å². The molecule has 1 unspecified atom stereocenters. The SMILES string of the molecule is Cl.O=C(CC1COCCN1)Nc1ccc(NC(=O)Nc2ccc(Cl)cc2)cc1. The molecule has 1 saturated heterocycles. The molecule has 0 spiro atoms. The first-order valence-corrected chi connectivity index (χ1v) is 9.01. The molecule has 1 heterocycles. The van der Waals surface area contributed by atoms with Crippen LogP contribution in [0, 0.1) is 0 Å². The molecular weight excluding hydrogens is 403 g/mol. The fourth-order valence-corrected chi connectivity index (χ4v) is 2.78. The van der Waals surface area contributed by atoms with Crippen LogP contribution in [0.25, 0.3) is 0 Å². The molecule has 28 heavy (non-hydrogen) atoms. The van der Waals surface area contributed by atoms with Crippen molar-refractivity contribution in [1.29, 1.82) is 0 Å². The zero-order valence-corrected chi connectivity index (χ0v) is 16.6. The number of halogens is 2. The average molecular weight is 425 g/mol. The van der Waals surface area contributed by atoms with Crippen LogP contribution in [0.2, 0.25) is 5.02 Å². The first-order valence-electron chi connectivity index (χ1n) is 8.63. The van der Waals surface area contributed by atoms with Crippen molar-refractivity contribution >= 4 is 53.0 Å². The molecular formula is C19H22Cl2N4O3. The van der Waals surface area contributed by atoms with Gasteiger partial charge in [0, 0.05) is 41.1 Å². The molecule has 3 amide bonds. The largest absolute Gasteiger partial charge is 0.378 e. The number of ether oxygens (including phenoxy) is 1. The third kappa shape index (κ3) is 7.01. The smallest absolute Gasteiger partial charge is 0.323 e. The Bertz CT molecular complexity index is 779. The lowest BCUT2D eigenvalue weighted by atomic mass is 10.2. The van der Waals surface area contributed by atoms with Crippen LogP contribution < -0.4 is 21.3 Å². The van der Waals surface area contributed by atoms with E-state index in [9.17, 15) is 9.59 Å². The summed E-state index contributed by atoms with van der Waals surface area (Å²) in [5.74, 6) is -0.0841. The summed E-state index contributed by atoms with van der Waals surface area (Å²) in [6, 6.07) is 13.4. The summed E-state index contributed by atoms with van der Waals surface area (Å²) in [6.07, 6.45) is 0.351. The second-order valence-electron chi connectivity index (χ2n) is 6.14. The number of urea groups is 1. The van der Waals surface area contributed by atoms with Gasteiger partial charge in [0.25, 0.3) is 0 Å². The zero-order valence-electron chi connectivity index (χ0n) is 15.0. The second kappa shape index (κ2) is 10.9. The predicted octanol–water partition coefficient (Wildman–Crippen LogP) is 3.72. The van der Waals surface area contributed by atoms with Gasteiger partial charge < -0.3 is 26.0 Å². The highest BCUT2D eigenvalue weighted by molar-refractivity contribution is 6.30. The van der Waals surface area contributed by atoms with E-state index >= 15 is 0 Å². The summed E-state index contributed by atoms with van der Waals surface area (Å²) >= 11 is 5.82. The fraction of sp³-hybridized carbons (Fsp3) is 0.263. The molecule has 3 rings (SSSR count). The number of hydrogen-bond donors (Lipinski definition) is 4. The lowest BCUT2D eigenvalue weighted by molar-refractivity contribution is -0.117. The van der Waals surface area contributed by atoms with Gasteiger partial charge in [0.05, 0.1) is 13.2 Å². The molecule has 0 radical (unpaired) electrons. The summed E-state index contributed by atoms with van der Waals surface area (Å²) in [5.41, 5.74) is 1.92. The maximum Gasteiger partial charge on any atom is 0.323 e. The predicted molar refractivity (Wildman–Crippen MR) is 114 cm³/mol. The van der Waals surface area contributed by atoms with Gasteiger partial charge in [-0.2, -0.15) is 0 Å². The number of anilines is 3. The molecule has 7 nitrogen and oxygen atoms in total. The first kappa shape index (κ1) is 22.0. The van der Waals surface area contributed by atoms with Gasteiger partial charge in [-0.1, -0.05) is 11.6 Å². The molecule has 0 bridgehead atoms. The molecule has 0 saturated carbocycles. The number of carbonyl (C=O) groups excluding carboxylic acids is 2. The number of hydrogen-bond acceptors (Lipinski definition) is 4. The Morgan fingerprint density at radius 3 is 2.04 bits per heavy atom. The standard InChI is InChI=1S/C19H21ClN4O3.ClH/c20-13-1-3-15(4-2-13)23-19(26)24-16-7-5-14(6-8-16)22-18(25)11-17-12-27-10-9-21-17;/h1-8,17,21H,9-12H2,(H,22,25)(H2,23,24,26);1H. The van der Waals surface area contributed by atoms with Gasteiger partial charge in [0.2, 0.25) is 5.91 Å². The molecule has 0 aliphatic carbocycles. The number of amides is 3. The van der Waals surface area contributed by atoms with Gasteiger partial charge in [-0.3, -0.25) is 4.79 Å². The highest BCUT2D eigenvalue weighted by atomic mass is 35.5. The number of rotatable bonds is 5. The fourth-order valence-electron chi connectivity index (χ4n) is 2.65. The molecule has 1 atom stereocenters. The molecule has 2 aromatic rings. The molecule has 2 aromatic carbocycles. The van der Waals surface area contributed by atoms with Crippen LogP contribution in [0.3, 0.4) is 0 Å². The number of morpholine rings is 1. The van der Waals surface area contributed by atoms with Crippen LogP contribution in [0.5, 0.6) is 0 Å². The summed E-state index contributed by atoms with van der Waals surface area (Å²) in [7, 11) is 0. The quantitative estimate of drug-likeness (QED) is 0.588. The number of benzene rings is 2. The lowest BCUT2D eigenvalue weighted by Crippen LogP contribution is -2.43. The highest BCUT2D eigenvalue weighted by Gasteiger charge is 2.16. The maximum absolute atomic E-state index is 12.1. The van der Waals surface area contributed by atoms with Crippen molar-refractivity contribution < 1.29 is 14.3 Å². The van der Waals surface area contributed by atoms with Crippen LogP contribution in [-0.2, 0) is 9.53 Å². The van der Waals surface area contributed by atoms with E-state index in [1.54, 1.807) is 48.5 Å². The Morgan fingerprint density at radius 1 is 0.964 bits per heavy atom. The molecule has 1 aliphatic rings. The van der Waals surface area contributed by atoms with E-state index in [-0.39, 0.29) is 30.4 Å².